The number of benzene rings is 1. The van der Waals surface area contributed by atoms with Gasteiger partial charge in [0, 0.05) is 21.6 Å². The molecule has 0 atom stereocenters. The normalized spacial score (nSPS) is 10.8. The summed E-state index contributed by atoms with van der Waals surface area (Å²) < 4.78 is 3.00. The third-order valence-corrected chi connectivity index (χ3v) is 3.83. The molecule has 0 N–H and O–H groups in total. The highest BCUT2D eigenvalue weighted by Gasteiger charge is 2.14. The summed E-state index contributed by atoms with van der Waals surface area (Å²) >= 11 is 12.8. The monoisotopic (exact) mass is 377 g/mol. The number of rotatable bonds is 3. The van der Waals surface area contributed by atoms with Crippen molar-refractivity contribution in [2.24, 2.45) is 0 Å². The van der Waals surface area contributed by atoms with Gasteiger partial charge in [-0.2, -0.15) is 0 Å². The lowest BCUT2D eigenvalue weighted by Gasteiger charge is -2.07. The minimum absolute atomic E-state index is 0.694. The van der Waals surface area contributed by atoms with Crippen LogP contribution in [0.3, 0.4) is 0 Å². The second-order valence-corrected chi connectivity index (χ2v) is 5.29. The van der Waals surface area contributed by atoms with Crippen LogP contribution in [-0.2, 0) is 11.9 Å². The molecule has 0 aliphatic heterocycles. The van der Waals surface area contributed by atoms with Gasteiger partial charge in [0.15, 0.2) is 5.82 Å². The highest BCUT2D eigenvalue weighted by Crippen LogP contribution is 2.30. The maximum Gasteiger partial charge on any atom is 0.165 e. The fourth-order valence-electron chi connectivity index (χ4n) is 1.64. The molecule has 1 aromatic carbocycles. The van der Waals surface area contributed by atoms with E-state index < -0.39 is 0 Å². The standard InChI is InChI=1S/C11H10Br2ClN3/c1-2-17-10(6-12)15-16-11(17)8-4-3-7(14)5-9(8)13/h3-5H,2,6H2,1H3. The minimum atomic E-state index is 0.694. The van der Waals surface area contributed by atoms with Crippen LogP contribution in [0.25, 0.3) is 11.4 Å². The van der Waals surface area contributed by atoms with Crippen molar-refractivity contribution < 1.29 is 0 Å². The predicted molar refractivity (Wildman–Crippen MR) is 76.5 cm³/mol. The zero-order valence-corrected chi connectivity index (χ0v) is 13.0. The average molecular weight is 379 g/mol. The Kier molecular flexibility index (Phi) is 4.22. The van der Waals surface area contributed by atoms with Crippen molar-refractivity contribution in [2.45, 2.75) is 18.8 Å². The van der Waals surface area contributed by atoms with Gasteiger partial charge in [0.25, 0.3) is 0 Å². The fraction of sp³-hybridized carbons (Fsp3) is 0.273. The van der Waals surface area contributed by atoms with E-state index in [4.69, 9.17) is 11.6 Å². The molecule has 0 unspecified atom stereocenters. The zero-order chi connectivity index (χ0) is 12.4. The van der Waals surface area contributed by atoms with E-state index >= 15 is 0 Å². The maximum atomic E-state index is 5.93. The summed E-state index contributed by atoms with van der Waals surface area (Å²) in [6.07, 6.45) is 0. The predicted octanol–water partition coefficient (Wildman–Crippen LogP) is 4.28. The molecule has 0 radical (unpaired) electrons. The maximum absolute atomic E-state index is 5.93. The SMILES string of the molecule is CCn1c(CBr)nnc1-c1ccc(Cl)cc1Br. The first kappa shape index (κ1) is 13.1. The Labute approximate surface area is 121 Å². The van der Waals surface area contributed by atoms with Crippen LogP contribution in [0.1, 0.15) is 12.7 Å². The Balaban J connectivity index is 2.56. The number of hydrogen-bond acceptors (Lipinski definition) is 2. The first-order chi connectivity index (χ1) is 8.17. The van der Waals surface area contributed by atoms with Gasteiger partial charge in [0.1, 0.15) is 5.82 Å². The first-order valence-corrected chi connectivity index (χ1v) is 7.40. The van der Waals surface area contributed by atoms with E-state index in [1.165, 1.54) is 0 Å². The molecule has 0 fully saturated rings. The number of aromatic nitrogens is 3. The Morgan fingerprint density at radius 2 is 2.12 bits per heavy atom. The second-order valence-electron chi connectivity index (χ2n) is 3.44. The van der Waals surface area contributed by atoms with Gasteiger partial charge in [0.2, 0.25) is 0 Å². The van der Waals surface area contributed by atoms with Crippen LogP contribution in [-0.4, -0.2) is 14.8 Å². The lowest BCUT2D eigenvalue weighted by atomic mass is 10.2. The molecule has 2 aromatic rings. The third-order valence-electron chi connectivity index (χ3n) is 2.44. The van der Waals surface area contributed by atoms with Crippen molar-refractivity contribution in [3.8, 4) is 11.4 Å². The summed E-state index contributed by atoms with van der Waals surface area (Å²) in [7, 11) is 0. The summed E-state index contributed by atoms with van der Waals surface area (Å²) in [5.74, 6) is 1.77. The molecule has 6 heteroatoms. The average Bonchev–Trinajstić information content (AvgIpc) is 2.71. The highest BCUT2D eigenvalue weighted by molar-refractivity contribution is 9.10. The molecule has 0 saturated heterocycles. The van der Waals surface area contributed by atoms with Gasteiger partial charge in [-0.25, -0.2) is 0 Å². The molecule has 0 aliphatic rings. The number of hydrogen-bond donors (Lipinski definition) is 0. The number of nitrogens with zero attached hydrogens (tertiary/aromatic N) is 3. The highest BCUT2D eigenvalue weighted by atomic mass is 79.9. The van der Waals surface area contributed by atoms with E-state index in [-0.39, 0.29) is 0 Å². The van der Waals surface area contributed by atoms with E-state index in [0.29, 0.717) is 10.4 Å². The van der Waals surface area contributed by atoms with Gasteiger partial charge < -0.3 is 4.57 Å². The van der Waals surface area contributed by atoms with Crippen molar-refractivity contribution in [3.63, 3.8) is 0 Å². The topological polar surface area (TPSA) is 30.7 Å². The van der Waals surface area contributed by atoms with E-state index in [1.807, 2.05) is 18.2 Å². The molecule has 0 saturated carbocycles. The zero-order valence-electron chi connectivity index (χ0n) is 9.12. The van der Waals surface area contributed by atoms with E-state index in [9.17, 15) is 0 Å². The van der Waals surface area contributed by atoms with Gasteiger partial charge in [-0.05, 0) is 41.1 Å². The van der Waals surface area contributed by atoms with Crippen molar-refractivity contribution in [3.05, 3.63) is 33.5 Å². The molecule has 0 amide bonds. The van der Waals surface area contributed by atoms with Crippen molar-refractivity contribution >= 4 is 43.5 Å². The summed E-state index contributed by atoms with van der Waals surface area (Å²) in [4.78, 5) is 0. The van der Waals surface area contributed by atoms with Gasteiger partial charge in [-0.1, -0.05) is 27.5 Å². The van der Waals surface area contributed by atoms with Crippen molar-refractivity contribution in [2.75, 3.05) is 0 Å². The van der Waals surface area contributed by atoms with Crippen molar-refractivity contribution in [1.82, 2.24) is 14.8 Å². The summed E-state index contributed by atoms with van der Waals surface area (Å²) in [5, 5.41) is 9.78. The Hall–Kier alpha value is -0.390. The fourth-order valence-corrected chi connectivity index (χ4v) is 2.91. The molecule has 1 heterocycles. The van der Waals surface area contributed by atoms with Crippen LogP contribution >= 0.6 is 43.5 Å². The first-order valence-electron chi connectivity index (χ1n) is 5.10. The van der Waals surface area contributed by atoms with Gasteiger partial charge in [-0.15, -0.1) is 10.2 Å². The molecule has 0 bridgehead atoms. The van der Waals surface area contributed by atoms with Crippen LogP contribution in [0.15, 0.2) is 22.7 Å². The molecule has 0 aliphatic carbocycles. The quantitative estimate of drug-likeness (QED) is 0.746. The van der Waals surface area contributed by atoms with Crippen LogP contribution in [0.4, 0.5) is 0 Å². The Morgan fingerprint density at radius 1 is 1.35 bits per heavy atom. The van der Waals surface area contributed by atoms with E-state index in [0.717, 1.165) is 28.2 Å². The van der Waals surface area contributed by atoms with Crippen LogP contribution in [0.2, 0.25) is 5.02 Å². The molecular formula is C11H10Br2ClN3. The summed E-state index contributed by atoms with van der Waals surface area (Å²) in [5.41, 5.74) is 0.996. The molecule has 90 valence electrons. The Bertz CT molecular complexity index is 540. The van der Waals surface area contributed by atoms with Crippen LogP contribution < -0.4 is 0 Å². The third kappa shape index (κ3) is 2.56. The van der Waals surface area contributed by atoms with E-state index in [2.05, 4.69) is 53.5 Å². The van der Waals surface area contributed by atoms with Gasteiger partial charge in [-0.3, -0.25) is 0 Å². The molecule has 17 heavy (non-hydrogen) atoms. The molecule has 1 aromatic heterocycles. The second kappa shape index (κ2) is 5.50. The van der Waals surface area contributed by atoms with Crippen molar-refractivity contribution in [1.29, 1.82) is 0 Å². The lowest BCUT2D eigenvalue weighted by Crippen LogP contribution is -2.02. The Morgan fingerprint density at radius 3 is 2.71 bits per heavy atom. The van der Waals surface area contributed by atoms with Gasteiger partial charge >= 0.3 is 0 Å². The number of halogens is 3. The summed E-state index contributed by atoms with van der Waals surface area (Å²) in [6, 6.07) is 5.66. The van der Waals surface area contributed by atoms with E-state index in [1.54, 1.807) is 0 Å². The molecule has 2 rings (SSSR count). The van der Waals surface area contributed by atoms with Crippen LogP contribution in [0.5, 0.6) is 0 Å². The largest absolute Gasteiger partial charge is 0.311 e. The van der Waals surface area contributed by atoms with Crippen LogP contribution in [0, 0.1) is 0 Å². The summed E-state index contributed by atoms with van der Waals surface area (Å²) in [6.45, 7) is 2.90. The molecule has 0 spiro atoms. The van der Waals surface area contributed by atoms with Gasteiger partial charge in [0.05, 0.1) is 5.33 Å². The lowest BCUT2D eigenvalue weighted by molar-refractivity contribution is 0.733. The molecule has 3 nitrogen and oxygen atoms in total. The minimum Gasteiger partial charge on any atom is -0.311 e. The molecular weight excluding hydrogens is 369 g/mol. The smallest absolute Gasteiger partial charge is 0.165 e. The number of alkyl halides is 1.